The van der Waals surface area contributed by atoms with Crippen LogP contribution in [0.5, 0.6) is 11.5 Å². The molecule has 2 aliphatic rings. The summed E-state index contributed by atoms with van der Waals surface area (Å²) >= 11 is 0. The molecule has 0 aliphatic carbocycles. The maximum Gasteiger partial charge on any atom is 0.323 e. The fourth-order valence-electron chi connectivity index (χ4n) is 7.02. The maximum atomic E-state index is 14.1. The second-order valence-electron chi connectivity index (χ2n) is 13.0. The van der Waals surface area contributed by atoms with Crippen molar-refractivity contribution in [2.75, 3.05) is 19.2 Å². The monoisotopic (exact) mass is 838 g/mol. The van der Waals surface area contributed by atoms with Gasteiger partial charge >= 0.3 is 6.03 Å². The van der Waals surface area contributed by atoms with Gasteiger partial charge in [-0.3, -0.25) is 9.11 Å². The van der Waals surface area contributed by atoms with Gasteiger partial charge < -0.3 is 20.8 Å². The van der Waals surface area contributed by atoms with Gasteiger partial charge in [0, 0.05) is 22.9 Å². The number of urea groups is 1. The van der Waals surface area contributed by atoms with E-state index in [2.05, 4.69) is 10.6 Å². The number of phenolic OH excluding ortho intramolecular Hbond substituents is 2. The van der Waals surface area contributed by atoms with Crippen LogP contribution in [0, 0.1) is 13.8 Å². The molecule has 0 radical (unpaired) electrons. The van der Waals surface area contributed by atoms with Crippen LogP contribution in [0.2, 0.25) is 0 Å². The highest BCUT2D eigenvalue weighted by molar-refractivity contribution is 7.94. The summed E-state index contributed by atoms with van der Waals surface area (Å²) in [6, 6.07) is 16.6. The Labute approximate surface area is 318 Å². The Hall–Kier alpha value is -5.97. The largest absolute Gasteiger partial charge is 0.507 e. The highest BCUT2D eigenvalue weighted by Gasteiger charge is 2.43. The van der Waals surface area contributed by atoms with Gasteiger partial charge in [0.15, 0.2) is 0 Å². The van der Waals surface area contributed by atoms with E-state index >= 15 is 0 Å². The van der Waals surface area contributed by atoms with Gasteiger partial charge in [-0.15, -0.1) is 0 Å². The molecule has 0 saturated carbocycles. The SMILES string of the molecule is Cc1ccc2c(NC(=O)Nc3c4ccc(C)c3S(=O)(=O)N4c3ccc4c(O)cc(S(=O)(=O)O)cc4c3)c1S(=O)(=O)N2c1ccc2c(O)cc(S(=O)(=O)O)cc2c1. The highest BCUT2D eigenvalue weighted by atomic mass is 32.2. The van der Waals surface area contributed by atoms with E-state index in [1.54, 1.807) is 0 Å². The first-order valence-corrected chi connectivity index (χ1v) is 21.8. The fourth-order valence-corrected chi connectivity index (χ4v) is 11.8. The number of aryl methyl sites for hydroxylation is 2. The zero-order valence-corrected chi connectivity index (χ0v) is 31.8. The van der Waals surface area contributed by atoms with Crippen molar-refractivity contribution in [1.82, 2.24) is 0 Å². The molecular formula is C35H26N4O13S4. The molecule has 4 bridgehead atoms. The number of anilines is 6. The molecule has 56 heavy (non-hydrogen) atoms. The van der Waals surface area contributed by atoms with E-state index in [4.69, 9.17) is 0 Å². The number of nitrogens with one attached hydrogen (secondary N) is 2. The van der Waals surface area contributed by atoms with Gasteiger partial charge in [-0.2, -0.15) is 16.8 Å². The van der Waals surface area contributed by atoms with E-state index in [1.807, 2.05) is 0 Å². The number of benzene rings is 6. The molecule has 0 saturated heterocycles. The number of carbonyl (C=O) groups is 1. The molecular weight excluding hydrogens is 813 g/mol. The van der Waals surface area contributed by atoms with E-state index in [1.165, 1.54) is 74.5 Å². The minimum Gasteiger partial charge on any atom is -0.507 e. The molecule has 0 spiro atoms. The van der Waals surface area contributed by atoms with Crippen LogP contribution >= 0.6 is 0 Å². The number of hydrogen-bond donors (Lipinski definition) is 6. The van der Waals surface area contributed by atoms with E-state index in [0.717, 1.165) is 32.9 Å². The number of amides is 2. The van der Waals surface area contributed by atoms with Crippen molar-refractivity contribution in [3.05, 3.63) is 96.1 Å². The lowest BCUT2D eigenvalue weighted by molar-refractivity contribution is 0.262. The predicted molar refractivity (Wildman–Crippen MR) is 205 cm³/mol. The average molecular weight is 839 g/mol. The van der Waals surface area contributed by atoms with Crippen molar-refractivity contribution in [3.63, 3.8) is 0 Å². The average Bonchev–Trinajstić information content (AvgIpc) is 3.34. The third-order valence-electron chi connectivity index (χ3n) is 9.42. The van der Waals surface area contributed by atoms with Crippen LogP contribution in [-0.2, 0) is 40.3 Å². The molecule has 6 aromatic carbocycles. The van der Waals surface area contributed by atoms with Gasteiger partial charge in [0.1, 0.15) is 21.3 Å². The zero-order chi connectivity index (χ0) is 40.4. The lowest BCUT2D eigenvalue weighted by Crippen LogP contribution is -2.21. The number of phenols is 2. The quantitative estimate of drug-likeness (QED) is 0.108. The van der Waals surface area contributed by atoms with Crippen LogP contribution in [0.15, 0.2) is 105 Å². The molecule has 21 heteroatoms. The molecule has 17 nitrogen and oxygen atoms in total. The van der Waals surface area contributed by atoms with Crippen LogP contribution < -0.4 is 19.2 Å². The second kappa shape index (κ2) is 12.0. The van der Waals surface area contributed by atoms with E-state index in [0.29, 0.717) is 0 Å². The van der Waals surface area contributed by atoms with Gasteiger partial charge in [0.2, 0.25) is 0 Å². The van der Waals surface area contributed by atoms with Crippen molar-refractivity contribution in [3.8, 4) is 11.5 Å². The standard InChI is InChI=1S/C35H26N4O13S4/c1-17-3-9-27-31(33(17)53(43,44)38(27)21-5-7-25-19(11-21)13-23(15-29(25)40)55(47,48)49)36-35(42)37-32-28-10-4-18(2)34(32)54(45,46)39(28)22-6-8-26-20(12-22)14-24(16-30(26)41)56(50,51)52/h3-16,40-41H,1-2H3,(H2,36,37,42)(H,47,48,49)(H,50,51,52). The third-order valence-corrected chi connectivity index (χ3v) is 14.9. The summed E-state index contributed by atoms with van der Waals surface area (Å²) in [7, 11) is -18.3. The van der Waals surface area contributed by atoms with Crippen molar-refractivity contribution >= 4 is 102 Å². The summed E-state index contributed by atoms with van der Waals surface area (Å²) in [6.07, 6.45) is 0. The first kappa shape index (κ1) is 37.0. The second-order valence-corrected chi connectivity index (χ2v) is 19.3. The Balaban J connectivity index is 1.17. The summed E-state index contributed by atoms with van der Waals surface area (Å²) in [5.74, 6) is -0.971. The number of rotatable bonds is 6. The van der Waals surface area contributed by atoms with Crippen LogP contribution in [0.3, 0.4) is 0 Å². The van der Waals surface area contributed by atoms with Gasteiger partial charge in [0.25, 0.3) is 40.3 Å². The zero-order valence-electron chi connectivity index (χ0n) is 28.6. The first-order valence-electron chi connectivity index (χ1n) is 16.0. The summed E-state index contributed by atoms with van der Waals surface area (Å²) in [4.78, 5) is 12.0. The number of fused-ring (bicyclic) bond motifs is 6. The van der Waals surface area contributed by atoms with E-state index in [-0.39, 0.29) is 76.6 Å². The lowest BCUT2D eigenvalue weighted by atomic mass is 10.1. The Kier molecular flexibility index (Phi) is 7.93. The van der Waals surface area contributed by atoms with Crippen LogP contribution in [0.1, 0.15) is 11.1 Å². The van der Waals surface area contributed by atoms with Crippen molar-refractivity contribution < 1.29 is 57.8 Å². The minimum absolute atomic E-state index is 0.0104. The predicted octanol–water partition coefficient (Wildman–Crippen LogP) is 5.84. The third kappa shape index (κ3) is 5.58. The summed E-state index contributed by atoms with van der Waals surface area (Å²) in [6.45, 7) is 3.00. The summed E-state index contributed by atoms with van der Waals surface area (Å²) in [5.41, 5.74) is 0.112. The molecule has 8 rings (SSSR count). The smallest absolute Gasteiger partial charge is 0.323 e. The fraction of sp³-hybridized carbons (Fsp3) is 0.0571. The molecule has 6 N–H and O–H groups in total. The summed E-state index contributed by atoms with van der Waals surface area (Å²) in [5, 5.41) is 26.4. The molecule has 2 aliphatic heterocycles. The Morgan fingerprint density at radius 1 is 0.571 bits per heavy atom. The Morgan fingerprint density at radius 3 is 1.30 bits per heavy atom. The van der Waals surface area contributed by atoms with Gasteiger partial charge in [0.05, 0.1) is 43.9 Å². The van der Waals surface area contributed by atoms with Crippen LogP contribution in [0.4, 0.5) is 38.9 Å². The molecule has 288 valence electrons. The highest BCUT2D eigenvalue weighted by Crippen LogP contribution is 2.52. The Morgan fingerprint density at radius 2 is 0.946 bits per heavy atom. The normalized spacial score (nSPS) is 15.4. The van der Waals surface area contributed by atoms with E-state index < -0.39 is 67.6 Å². The molecule has 6 aromatic rings. The van der Waals surface area contributed by atoms with Gasteiger partial charge in [-0.25, -0.2) is 30.2 Å². The summed E-state index contributed by atoms with van der Waals surface area (Å²) < 4.78 is 125. The van der Waals surface area contributed by atoms with E-state index in [9.17, 15) is 57.8 Å². The number of sulfonamides is 2. The number of aromatic hydroxyl groups is 2. The molecule has 0 aromatic heterocycles. The van der Waals surface area contributed by atoms with Crippen LogP contribution in [0.25, 0.3) is 21.5 Å². The molecule has 2 amide bonds. The first-order chi connectivity index (χ1) is 26.1. The minimum atomic E-state index is -4.74. The number of hydrogen-bond acceptors (Lipinski definition) is 11. The number of nitrogens with zero attached hydrogens (tertiary/aromatic N) is 2. The molecule has 0 unspecified atom stereocenters. The maximum absolute atomic E-state index is 14.1. The molecule has 2 heterocycles. The lowest BCUT2D eigenvalue weighted by Gasteiger charge is -2.19. The Bertz CT molecular complexity index is 3050. The van der Waals surface area contributed by atoms with Gasteiger partial charge in [-0.1, -0.05) is 12.1 Å². The molecule has 0 atom stereocenters. The van der Waals surface area contributed by atoms with Gasteiger partial charge in [-0.05, 0) is 96.4 Å². The van der Waals surface area contributed by atoms with Crippen molar-refractivity contribution in [2.45, 2.75) is 33.4 Å². The van der Waals surface area contributed by atoms with Crippen molar-refractivity contribution in [2.24, 2.45) is 0 Å². The van der Waals surface area contributed by atoms with Crippen molar-refractivity contribution in [1.29, 1.82) is 0 Å². The van der Waals surface area contributed by atoms with Crippen LogP contribution in [-0.4, -0.2) is 59.0 Å². The number of carbonyl (C=O) groups excluding carboxylic acids is 1. The topological polar surface area (TPSA) is 265 Å². The molecule has 0 fully saturated rings.